The lowest BCUT2D eigenvalue weighted by atomic mass is 9.77. The number of allylic oxidation sites excluding steroid dienone is 7. The Labute approximate surface area is 530 Å². The molecule has 1 aliphatic carbocycles. The standard InChI is InChI=1S/C71H83B2N5O6.CH4.HI/c1-9-44-77-64-29-17-13-25-60(64)70(5,6)66(77)41-35-54-23-19-24-55(36-42-67-71(7,8)61-26-14-18-30-65(61)78(67)45-10-2)68(54)84-59-39-37-58(38-40-59)76(50-57-22-12-16-28-63(57)73(82)83)48-53-33-31-52(32-34-53)47-75(46-20-43-74-69(79)51(3)4)49-56-21-11-15-27-62(56)72(80)81;;/h11-18,21-22,25-42,80-83H,3,9-10,19-20,23-24,43-50H2,1-2,4-8H3;1H4;1H. The monoisotopic (exact) mass is 1270 g/mol. The largest absolute Gasteiger partial charge is 1.00 e. The van der Waals surface area contributed by atoms with Crippen LogP contribution in [0, 0.1) is 0 Å². The minimum absolute atomic E-state index is 0. The second kappa shape index (κ2) is 30.2. The molecule has 0 radical (unpaired) electrons. The topological polar surface area (TPSA) is 132 Å². The summed E-state index contributed by atoms with van der Waals surface area (Å²) in [5.41, 5.74) is 15.9. The van der Waals surface area contributed by atoms with Gasteiger partial charge in [-0.2, -0.15) is 4.58 Å². The predicted molar refractivity (Wildman–Crippen MR) is 352 cm³/mol. The van der Waals surface area contributed by atoms with E-state index in [4.69, 9.17) is 4.74 Å². The van der Waals surface area contributed by atoms with Gasteiger partial charge in [0.05, 0.1) is 5.41 Å². The predicted octanol–water partition coefficient (Wildman–Crippen LogP) is 8.86. The molecule has 450 valence electrons. The van der Waals surface area contributed by atoms with Crippen LogP contribution in [0.5, 0.6) is 5.75 Å². The van der Waals surface area contributed by atoms with Crippen molar-refractivity contribution in [2.24, 2.45) is 0 Å². The number of amides is 1. The molecule has 0 unspecified atom stereocenters. The van der Waals surface area contributed by atoms with E-state index >= 15 is 0 Å². The quantitative estimate of drug-likeness (QED) is 0.0126. The van der Waals surface area contributed by atoms with E-state index in [0.717, 1.165) is 84.6 Å². The van der Waals surface area contributed by atoms with Crippen LogP contribution in [0.1, 0.15) is 128 Å². The summed E-state index contributed by atoms with van der Waals surface area (Å²) in [5.74, 6) is 1.44. The number of nitrogens with one attached hydrogen (secondary N) is 1. The second-order valence-corrected chi connectivity index (χ2v) is 23.8. The lowest BCUT2D eigenvalue weighted by Crippen LogP contribution is -3.00. The summed E-state index contributed by atoms with van der Waals surface area (Å²) in [7, 11) is -3.23. The molecule has 0 saturated carbocycles. The van der Waals surface area contributed by atoms with Crippen LogP contribution in [0.3, 0.4) is 0 Å². The number of carbonyl (C=O) groups excluding carboxylic acids is 1. The molecule has 86 heavy (non-hydrogen) atoms. The molecule has 2 heterocycles. The van der Waals surface area contributed by atoms with Crippen LogP contribution < -0.4 is 54.8 Å². The van der Waals surface area contributed by atoms with Gasteiger partial charge < -0.3 is 63.9 Å². The Kier molecular flexibility index (Phi) is 23.5. The van der Waals surface area contributed by atoms with Crippen LogP contribution in [0.2, 0.25) is 0 Å². The van der Waals surface area contributed by atoms with E-state index in [1.54, 1.807) is 25.1 Å². The van der Waals surface area contributed by atoms with Gasteiger partial charge in [0.1, 0.15) is 18.1 Å². The van der Waals surface area contributed by atoms with Gasteiger partial charge >= 0.3 is 14.2 Å². The van der Waals surface area contributed by atoms with Crippen molar-refractivity contribution in [2.45, 2.75) is 131 Å². The van der Waals surface area contributed by atoms with Crippen molar-refractivity contribution in [3.8, 4) is 5.75 Å². The van der Waals surface area contributed by atoms with E-state index in [0.29, 0.717) is 62.2 Å². The van der Waals surface area contributed by atoms with Crippen LogP contribution in [0.4, 0.5) is 17.1 Å². The van der Waals surface area contributed by atoms with Gasteiger partial charge in [0.15, 0.2) is 5.71 Å². The smallest absolute Gasteiger partial charge is 0.488 e. The van der Waals surface area contributed by atoms with Crippen LogP contribution in [-0.2, 0) is 41.8 Å². The summed E-state index contributed by atoms with van der Waals surface area (Å²) in [6.07, 6.45) is 14.8. The summed E-state index contributed by atoms with van der Waals surface area (Å²) in [6, 6.07) is 49.3. The minimum atomic E-state index is -1.63. The number of hydrogen-bond donors (Lipinski definition) is 5. The van der Waals surface area contributed by atoms with Gasteiger partial charge in [0.25, 0.3) is 0 Å². The van der Waals surface area contributed by atoms with E-state index in [-0.39, 0.29) is 48.1 Å². The number of ether oxygens (including phenoxy) is 1. The molecule has 0 spiro atoms. The normalized spacial score (nSPS) is 15.8. The Morgan fingerprint density at radius 1 is 0.709 bits per heavy atom. The highest BCUT2D eigenvalue weighted by atomic mass is 127. The van der Waals surface area contributed by atoms with E-state index in [2.05, 4.69) is 194 Å². The first-order valence-electron chi connectivity index (χ1n) is 30.1. The number of anilines is 2. The molecule has 0 fully saturated rings. The number of para-hydroxylation sites is 2. The van der Waals surface area contributed by atoms with Gasteiger partial charge in [-0.1, -0.05) is 157 Å². The molecule has 5 N–H and O–H groups in total. The van der Waals surface area contributed by atoms with Crippen molar-refractivity contribution < 1.29 is 58.2 Å². The second-order valence-electron chi connectivity index (χ2n) is 23.8. The Balaban J connectivity index is 0.00000529. The highest BCUT2D eigenvalue weighted by molar-refractivity contribution is 6.59. The molecule has 9 rings (SSSR count). The van der Waals surface area contributed by atoms with E-state index in [1.165, 1.54) is 45.1 Å². The molecule has 0 atom stereocenters. The van der Waals surface area contributed by atoms with Crippen molar-refractivity contribution in [3.63, 3.8) is 0 Å². The average Bonchev–Trinajstić information content (AvgIpc) is 1.76. The summed E-state index contributed by atoms with van der Waals surface area (Å²) in [6.45, 7) is 24.3. The van der Waals surface area contributed by atoms with Crippen LogP contribution >= 0.6 is 0 Å². The van der Waals surface area contributed by atoms with E-state index in [9.17, 15) is 24.9 Å². The first kappa shape index (κ1) is 66.7. The first-order valence-corrected chi connectivity index (χ1v) is 30.1. The maximum absolute atomic E-state index is 12.3. The molecule has 0 aromatic heterocycles. The fraction of sp³-hybridized carbons (Fsp3) is 0.333. The van der Waals surface area contributed by atoms with Crippen LogP contribution in [0.25, 0.3) is 0 Å². The molecule has 6 aromatic rings. The molecule has 0 bridgehead atoms. The summed E-state index contributed by atoms with van der Waals surface area (Å²) in [4.78, 5) is 19.3. The van der Waals surface area contributed by atoms with Gasteiger partial charge in [-0.15, -0.1) is 0 Å². The van der Waals surface area contributed by atoms with Crippen molar-refractivity contribution >= 4 is 53.8 Å². The van der Waals surface area contributed by atoms with Gasteiger partial charge in [0, 0.05) is 98.0 Å². The zero-order chi connectivity index (χ0) is 59.5. The summed E-state index contributed by atoms with van der Waals surface area (Å²) >= 11 is 0. The Bertz CT molecular complexity index is 3480. The SMILES string of the molecule is C.C=C(C)C(=O)NCCCN(Cc1ccc(CN(Cc2ccccc2B(O)O)c2ccc(OC3=C(/C=C/C4=[N+](CCC)c5ccccc5C4(C)C)CCC/C3=C\C=C3\N(CCC)c4ccccc4C3(C)C)cc2)cc1)Cc1ccccc1B(O)O.[I-]. The van der Waals surface area contributed by atoms with Crippen molar-refractivity contribution in [3.05, 3.63) is 238 Å². The average molecular weight is 1270 g/mol. The molecule has 11 nitrogen and oxygen atoms in total. The number of fused-ring (bicyclic) bond motifs is 2. The number of halogens is 1. The third-order valence-electron chi connectivity index (χ3n) is 16.8. The lowest BCUT2D eigenvalue weighted by Gasteiger charge is -2.28. The van der Waals surface area contributed by atoms with E-state index in [1.807, 2.05) is 30.3 Å². The number of hydrogen-bond acceptors (Lipinski definition) is 9. The third kappa shape index (κ3) is 15.5. The van der Waals surface area contributed by atoms with Crippen LogP contribution in [0.15, 0.2) is 205 Å². The third-order valence-corrected chi connectivity index (χ3v) is 16.8. The van der Waals surface area contributed by atoms with Crippen molar-refractivity contribution in [1.29, 1.82) is 0 Å². The van der Waals surface area contributed by atoms with Gasteiger partial charge in [-0.05, 0) is 145 Å². The molecule has 1 amide bonds. The molecule has 3 aliphatic rings. The Morgan fingerprint density at radius 3 is 1.95 bits per heavy atom. The highest BCUT2D eigenvalue weighted by Crippen LogP contribution is 2.48. The molecular weight excluding hydrogens is 1180 g/mol. The fourth-order valence-electron chi connectivity index (χ4n) is 12.4. The van der Waals surface area contributed by atoms with Crippen molar-refractivity contribution in [1.82, 2.24) is 10.2 Å². The molecular formula is C72H88B2IN5O6. The molecule has 2 aliphatic heterocycles. The van der Waals surface area contributed by atoms with Gasteiger partial charge in [-0.25, -0.2) is 0 Å². The number of benzene rings is 6. The highest BCUT2D eigenvalue weighted by Gasteiger charge is 2.44. The molecule has 0 saturated heterocycles. The first-order chi connectivity index (χ1) is 40.5. The van der Waals surface area contributed by atoms with Gasteiger partial charge in [0.2, 0.25) is 11.6 Å². The van der Waals surface area contributed by atoms with Crippen LogP contribution in [-0.4, -0.2) is 81.6 Å². The van der Waals surface area contributed by atoms with Crippen molar-refractivity contribution in [2.75, 3.05) is 36.0 Å². The zero-order valence-corrected chi connectivity index (χ0v) is 52.9. The zero-order valence-electron chi connectivity index (χ0n) is 50.7. The van der Waals surface area contributed by atoms with Gasteiger partial charge in [-0.3, -0.25) is 9.69 Å². The molecule has 6 aromatic carbocycles. The number of carbonyl (C=O) groups is 1. The Morgan fingerprint density at radius 2 is 1.31 bits per heavy atom. The molecule has 14 heteroatoms. The lowest BCUT2D eigenvalue weighted by molar-refractivity contribution is -0.437. The van der Waals surface area contributed by atoms with E-state index < -0.39 is 14.2 Å². The maximum Gasteiger partial charge on any atom is 0.488 e. The maximum atomic E-state index is 12.3. The number of nitrogens with zero attached hydrogens (tertiary/aromatic N) is 4. The Hall–Kier alpha value is -6.78. The minimum Gasteiger partial charge on any atom is -1.00 e. The summed E-state index contributed by atoms with van der Waals surface area (Å²) in [5, 5.41) is 44.4. The number of rotatable bonds is 25. The summed E-state index contributed by atoms with van der Waals surface area (Å²) < 4.78 is 9.72. The fourth-order valence-corrected chi connectivity index (χ4v) is 12.4.